The van der Waals surface area contributed by atoms with Crippen LogP contribution in [-0.4, -0.2) is 33.9 Å². The first-order valence-corrected chi connectivity index (χ1v) is 9.06. The lowest BCUT2D eigenvalue weighted by Crippen LogP contribution is -2.10. The van der Waals surface area contributed by atoms with Crippen LogP contribution in [0.3, 0.4) is 0 Å². The van der Waals surface area contributed by atoms with Crippen LogP contribution in [0.25, 0.3) is 22.3 Å². The van der Waals surface area contributed by atoms with Crippen molar-refractivity contribution in [1.82, 2.24) is 19.9 Å². The van der Waals surface area contributed by atoms with Crippen LogP contribution in [-0.2, 0) is 6.54 Å². The molecule has 0 saturated heterocycles. The Labute approximate surface area is 175 Å². The van der Waals surface area contributed by atoms with Crippen molar-refractivity contribution in [3.05, 3.63) is 71.5 Å². The van der Waals surface area contributed by atoms with Crippen molar-refractivity contribution in [3.63, 3.8) is 0 Å². The molecule has 0 fully saturated rings. The molecule has 0 aliphatic heterocycles. The highest BCUT2D eigenvalue weighted by molar-refractivity contribution is 6.30. The molecule has 0 aliphatic carbocycles. The van der Waals surface area contributed by atoms with Gasteiger partial charge in [0.05, 0.1) is 5.39 Å². The van der Waals surface area contributed by atoms with Crippen LogP contribution >= 0.6 is 24.0 Å². The third-order valence-electron chi connectivity index (χ3n) is 4.28. The van der Waals surface area contributed by atoms with Crippen LogP contribution in [0.1, 0.15) is 5.56 Å². The molecule has 0 amide bonds. The van der Waals surface area contributed by atoms with E-state index < -0.39 is 0 Å². The van der Waals surface area contributed by atoms with Gasteiger partial charge in [0.25, 0.3) is 0 Å². The average molecular weight is 414 g/mol. The van der Waals surface area contributed by atoms with E-state index in [9.17, 15) is 0 Å². The van der Waals surface area contributed by atoms with Gasteiger partial charge in [-0.1, -0.05) is 41.9 Å². The standard InChI is InChI=1S/C21H20ClN5.ClH/c1-27(2)12-14-6-8-15(9-7-14)19-11-18-20(23-13-24-21(18)26-19)25-17-5-3-4-16(22)10-17;/h3-11,13H,12H2,1-2H3,(H2,23,24,25,26);1H. The second-order valence-corrected chi connectivity index (χ2v) is 7.17. The molecule has 0 radical (unpaired) electrons. The number of nitrogens with zero attached hydrogens (tertiary/aromatic N) is 3. The van der Waals surface area contributed by atoms with Crippen molar-refractivity contribution in [1.29, 1.82) is 0 Å². The molecule has 0 unspecified atom stereocenters. The van der Waals surface area contributed by atoms with Gasteiger partial charge in [0.2, 0.25) is 0 Å². The third-order valence-corrected chi connectivity index (χ3v) is 4.51. The fraction of sp³-hybridized carbons (Fsp3) is 0.143. The van der Waals surface area contributed by atoms with Crippen LogP contribution in [0.5, 0.6) is 0 Å². The van der Waals surface area contributed by atoms with Crippen molar-refractivity contribution < 1.29 is 0 Å². The highest BCUT2D eigenvalue weighted by atomic mass is 35.5. The van der Waals surface area contributed by atoms with Gasteiger partial charge in [-0.05, 0) is 49.5 Å². The van der Waals surface area contributed by atoms with Gasteiger partial charge >= 0.3 is 0 Å². The number of anilines is 2. The van der Waals surface area contributed by atoms with Crippen LogP contribution < -0.4 is 5.32 Å². The molecular formula is C21H21Cl2N5. The maximum absolute atomic E-state index is 6.08. The number of benzene rings is 2. The molecule has 2 aromatic carbocycles. The first-order chi connectivity index (χ1) is 13.1. The van der Waals surface area contributed by atoms with Crippen LogP contribution in [0.4, 0.5) is 11.5 Å². The summed E-state index contributed by atoms with van der Waals surface area (Å²) < 4.78 is 0. The summed E-state index contributed by atoms with van der Waals surface area (Å²) in [6.45, 7) is 0.923. The van der Waals surface area contributed by atoms with E-state index in [1.807, 2.05) is 24.3 Å². The summed E-state index contributed by atoms with van der Waals surface area (Å²) in [4.78, 5) is 14.3. The molecule has 28 heavy (non-hydrogen) atoms. The number of aromatic nitrogens is 3. The summed E-state index contributed by atoms with van der Waals surface area (Å²) in [7, 11) is 4.14. The predicted octanol–water partition coefficient (Wildman–Crippen LogP) is 5.51. The summed E-state index contributed by atoms with van der Waals surface area (Å²) in [6, 6.07) is 18.2. The Morgan fingerprint density at radius 2 is 1.82 bits per heavy atom. The first kappa shape index (κ1) is 20.1. The number of nitrogens with one attached hydrogen (secondary N) is 2. The summed E-state index contributed by atoms with van der Waals surface area (Å²) in [5, 5.41) is 4.94. The highest BCUT2D eigenvalue weighted by Crippen LogP contribution is 2.29. The summed E-state index contributed by atoms with van der Waals surface area (Å²) in [6.07, 6.45) is 1.55. The molecule has 7 heteroatoms. The molecule has 0 aliphatic rings. The number of aromatic amines is 1. The number of halogens is 2. The topological polar surface area (TPSA) is 56.8 Å². The summed E-state index contributed by atoms with van der Waals surface area (Å²) in [5.41, 5.74) is 5.09. The Balaban J connectivity index is 0.00000225. The van der Waals surface area contributed by atoms with E-state index in [1.165, 1.54) is 5.56 Å². The minimum Gasteiger partial charge on any atom is -0.340 e. The lowest BCUT2D eigenvalue weighted by Gasteiger charge is -2.09. The minimum atomic E-state index is 0. The molecule has 2 N–H and O–H groups in total. The Morgan fingerprint density at radius 3 is 2.54 bits per heavy atom. The molecule has 2 heterocycles. The monoisotopic (exact) mass is 413 g/mol. The highest BCUT2D eigenvalue weighted by Gasteiger charge is 2.10. The second kappa shape index (κ2) is 8.61. The zero-order valence-corrected chi connectivity index (χ0v) is 17.2. The smallest absolute Gasteiger partial charge is 0.143 e. The van der Waals surface area contributed by atoms with Crippen molar-refractivity contribution in [2.45, 2.75) is 6.54 Å². The van der Waals surface area contributed by atoms with Gasteiger partial charge in [-0.3, -0.25) is 0 Å². The lowest BCUT2D eigenvalue weighted by atomic mass is 10.1. The normalized spacial score (nSPS) is 10.9. The van der Waals surface area contributed by atoms with Gasteiger partial charge in [-0.25, -0.2) is 9.97 Å². The van der Waals surface area contributed by atoms with Crippen LogP contribution in [0.15, 0.2) is 60.9 Å². The Morgan fingerprint density at radius 1 is 1.04 bits per heavy atom. The van der Waals surface area contributed by atoms with Crippen LogP contribution in [0, 0.1) is 0 Å². The summed E-state index contributed by atoms with van der Waals surface area (Å²) in [5.74, 6) is 0.744. The molecule has 0 atom stereocenters. The fourth-order valence-electron chi connectivity index (χ4n) is 3.05. The predicted molar refractivity (Wildman–Crippen MR) is 119 cm³/mol. The molecule has 5 nitrogen and oxygen atoms in total. The van der Waals surface area contributed by atoms with Crippen molar-refractivity contribution >= 4 is 46.5 Å². The maximum Gasteiger partial charge on any atom is 0.143 e. The Kier molecular flexibility index (Phi) is 6.19. The molecule has 4 rings (SSSR count). The fourth-order valence-corrected chi connectivity index (χ4v) is 3.24. The van der Waals surface area contributed by atoms with Crippen molar-refractivity contribution in [3.8, 4) is 11.3 Å². The van der Waals surface area contributed by atoms with Crippen LogP contribution in [0.2, 0.25) is 5.02 Å². The van der Waals surface area contributed by atoms with E-state index in [2.05, 4.69) is 69.6 Å². The number of hydrogen-bond donors (Lipinski definition) is 2. The second-order valence-electron chi connectivity index (χ2n) is 6.74. The quantitative estimate of drug-likeness (QED) is 0.453. The van der Waals surface area contributed by atoms with E-state index in [0.29, 0.717) is 5.02 Å². The number of fused-ring (bicyclic) bond motifs is 1. The molecule has 0 bridgehead atoms. The lowest BCUT2D eigenvalue weighted by molar-refractivity contribution is 0.402. The molecule has 144 valence electrons. The minimum absolute atomic E-state index is 0. The third kappa shape index (κ3) is 4.44. The van der Waals surface area contributed by atoms with E-state index in [-0.39, 0.29) is 12.4 Å². The van der Waals surface area contributed by atoms with E-state index >= 15 is 0 Å². The summed E-state index contributed by atoms with van der Waals surface area (Å²) >= 11 is 6.08. The largest absolute Gasteiger partial charge is 0.340 e. The van der Waals surface area contributed by atoms with Crippen molar-refractivity contribution in [2.75, 3.05) is 19.4 Å². The zero-order valence-electron chi connectivity index (χ0n) is 15.6. The molecule has 0 spiro atoms. The molecule has 2 aromatic heterocycles. The van der Waals surface area contributed by atoms with Gasteiger partial charge in [-0.2, -0.15) is 0 Å². The van der Waals surface area contributed by atoms with Gasteiger partial charge in [-0.15, -0.1) is 12.4 Å². The SMILES string of the molecule is CN(C)Cc1ccc(-c2cc3c(Nc4cccc(Cl)c4)ncnc3[nH]2)cc1.Cl. The zero-order chi connectivity index (χ0) is 18.8. The molecular weight excluding hydrogens is 393 g/mol. The van der Waals surface area contributed by atoms with Gasteiger partial charge in [0.1, 0.15) is 17.8 Å². The Hall–Kier alpha value is -2.60. The average Bonchev–Trinajstić information content (AvgIpc) is 3.07. The molecule has 0 saturated carbocycles. The maximum atomic E-state index is 6.08. The van der Waals surface area contributed by atoms with E-state index in [4.69, 9.17) is 11.6 Å². The number of rotatable bonds is 5. The number of H-pyrrole nitrogens is 1. The van der Waals surface area contributed by atoms with E-state index in [0.717, 1.165) is 40.3 Å². The van der Waals surface area contributed by atoms with Gasteiger partial charge < -0.3 is 15.2 Å². The molecule has 4 aromatic rings. The van der Waals surface area contributed by atoms with Gasteiger partial charge in [0.15, 0.2) is 0 Å². The van der Waals surface area contributed by atoms with Crippen molar-refractivity contribution in [2.24, 2.45) is 0 Å². The Bertz CT molecular complexity index is 1070. The first-order valence-electron chi connectivity index (χ1n) is 8.69. The number of hydrogen-bond acceptors (Lipinski definition) is 4. The van der Waals surface area contributed by atoms with Gasteiger partial charge in [0, 0.05) is 22.9 Å². The van der Waals surface area contributed by atoms with E-state index in [1.54, 1.807) is 6.33 Å².